The van der Waals surface area contributed by atoms with Gasteiger partial charge >= 0.3 is 0 Å². The summed E-state index contributed by atoms with van der Waals surface area (Å²) < 4.78 is 24.8. The van der Waals surface area contributed by atoms with E-state index in [0.29, 0.717) is 34.6 Å². The number of imide groups is 1. The highest BCUT2D eigenvalue weighted by Crippen LogP contribution is 2.38. The third-order valence-corrected chi connectivity index (χ3v) is 6.58. The predicted molar refractivity (Wildman–Crippen MR) is 140 cm³/mol. The van der Waals surface area contributed by atoms with Crippen LogP contribution in [0.15, 0.2) is 78.2 Å². The number of nitriles is 1. The number of halogens is 1. The number of carbonyl (C=O) groups excluding carboxylic acids is 2. The number of methoxy groups -OCH3 is 1. The van der Waals surface area contributed by atoms with Crippen LogP contribution in [0.4, 0.5) is 9.18 Å². The van der Waals surface area contributed by atoms with Gasteiger partial charge in [-0.1, -0.05) is 36.4 Å². The van der Waals surface area contributed by atoms with Crippen LogP contribution in [-0.4, -0.2) is 23.2 Å². The molecule has 0 bridgehead atoms. The maximum atomic E-state index is 13.2. The van der Waals surface area contributed by atoms with Crippen molar-refractivity contribution in [2.24, 2.45) is 0 Å². The summed E-state index contributed by atoms with van der Waals surface area (Å²) in [5.74, 6) is 0.223. The van der Waals surface area contributed by atoms with E-state index in [1.54, 1.807) is 54.6 Å². The molecule has 0 N–H and O–H groups in total. The second-order valence-corrected chi connectivity index (χ2v) is 9.15. The third kappa shape index (κ3) is 5.90. The van der Waals surface area contributed by atoms with Crippen LogP contribution in [0, 0.1) is 17.1 Å². The smallest absolute Gasteiger partial charge is 0.293 e. The second-order valence-electron chi connectivity index (χ2n) is 8.16. The van der Waals surface area contributed by atoms with Crippen molar-refractivity contribution in [3.05, 3.63) is 112 Å². The quantitative estimate of drug-likeness (QED) is 0.248. The van der Waals surface area contributed by atoms with Crippen molar-refractivity contribution in [3.63, 3.8) is 0 Å². The van der Waals surface area contributed by atoms with Crippen LogP contribution >= 0.6 is 11.8 Å². The number of ether oxygens (including phenoxy) is 2. The Balaban J connectivity index is 1.60. The molecule has 0 radical (unpaired) electrons. The number of benzene rings is 3. The molecule has 0 spiro atoms. The summed E-state index contributed by atoms with van der Waals surface area (Å²) in [6, 6.07) is 18.6. The Bertz CT molecular complexity index is 1430. The molecule has 8 heteroatoms. The highest BCUT2D eigenvalue weighted by Gasteiger charge is 2.35. The number of hydrogen-bond acceptors (Lipinski definition) is 6. The zero-order chi connectivity index (χ0) is 26.4. The number of hydrogen-bond donors (Lipinski definition) is 0. The lowest BCUT2D eigenvalue weighted by Crippen LogP contribution is -2.27. The summed E-state index contributed by atoms with van der Waals surface area (Å²) >= 11 is 0.848. The molecule has 1 heterocycles. The third-order valence-electron chi connectivity index (χ3n) is 5.67. The van der Waals surface area contributed by atoms with Gasteiger partial charge in [-0.2, -0.15) is 5.26 Å². The molecular formula is C29H23FN2O4S. The van der Waals surface area contributed by atoms with Gasteiger partial charge in [-0.15, -0.1) is 6.58 Å². The number of nitrogens with zero attached hydrogens (tertiary/aromatic N) is 2. The van der Waals surface area contributed by atoms with Crippen LogP contribution in [0.3, 0.4) is 0 Å². The molecule has 37 heavy (non-hydrogen) atoms. The first-order valence-electron chi connectivity index (χ1n) is 11.4. The normalized spacial score (nSPS) is 14.1. The lowest BCUT2D eigenvalue weighted by atomic mass is 10.0. The zero-order valence-electron chi connectivity index (χ0n) is 20.1. The molecular weight excluding hydrogens is 491 g/mol. The largest absolute Gasteiger partial charge is 0.493 e. The SMILES string of the molecule is C=CCc1cc(/C=C2/SC(=O)N(Cc3ccccc3C#N)C2=O)cc(OC)c1OCc1ccc(F)cc1. The molecule has 1 fully saturated rings. The van der Waals surface area contributed by atoms with E-state index in [2.05, 4.69) is 12.6 Å². The van der Waals surface area contributed by atoms with Gasteiger partial charge in [0.15, 0.2) is 11.5 Å². The van der Waals surface area contributed by atoms with Crippen LogP contribution in [-0.2, 0) is 24.4 Å². The van der Waals surface area contributed by atoms with Gasteiger partial charge < -0.3 is 9.47 Å². The van der Waals surface area contributed by atoms with E-state index in [9.17, 15) is 19.2 Å². The van der Waals surface area contributed by atoms with Gasteiger partial charge in [0, 0.05) is 5.56 Å². The van der Waals surface area contributed by atoms with Crippen molar-refractivity contribution in [1.82, 2.24) is 4.90 Å². The van der Waals surface area contributed by atoms with E-state index in [1.807, 2.05) is 6.07 Å². The van der Waals surface area contributed by atoms with E-state index in [4.69, 9.17) is 9.47 Å². The predicted octanol–water partition coefficient (Wildman–Crippen LogP) is 6.25. The standard InChI is InChI=1S/C29H23FN2O4S/c1-3-6-21-13-20(14-25(35-2)27(21)36-18-19-9-11-24(30)12-10-19)15-26-28(33)32(29(34)37-26)17-23-8-5-4-7-22(23)16-31/h3-5,7-15H,1,6,17-18H2,2H3/b26-15+. The minimum atomic E-state index is -0.427. The minimum Gasteiger partial charge on any atom is -0.493 e. The number of allylic oxidation sites excluding steroid dienone is 1. The molecule has 0 saturated carbocycles. The summed E-state index contributed by atoms with van der Waals surface area (Å²) in [6.07, 6.45) is 3.84. The Morgan fingerprint density at radius 2 is 1.86 bits per heavy atom. The molecule has 3 aromatic rings. The summed E-state index contributed by atoms with van der Waals surface area (Å²) in [5, 5.41) is 8.93. The maximum absolute atomic E-state index is 13.2. The van der Waals surface area contributed by atoms with E-state index in [1.165, 1.54) is 19.2 Å². The van der Waals surface area contributed by atoms with Crippen LogP contribution in [0.2, 0.25) is 0 Å². The first kappa shape index (κ1) is 25.7. The number of rotatable bonds is 9. The van der Waals surface area contributed by atoms with Crippen LogP contribution < -0.4 is 9.47 Å². The van der Waals surface area contributed by atoms with Crippen molar-refractivity contribution < 1.29 is 23.5 Å². The molecule has 0 atom stereocenters. The monoisotopic (exact) mass is 514 g/mol. The van der Waals surface area contributed by atoms with E-state index in [-0.39, 0.29) is 23.9 Å². The van der Waals surface area contributed by atoms with Crippen LogP contribution in [0.5, 0.6) is 11.5 Å². The first-order chi connectivity index (χ1) is 17.9. The molecule has 0 unspecified atom stereocenters. The molecule has 6 nitrogen and oxygen atoms in total. The Morgan fingerprint density at radius 3 is 2.57 bits per heavy atom. The van der Waals surface area contributed by atoms with Gasteiger partial charge in [0.2, 0.25) is 0 Å². The minimum absolute atomic E-state index is 0.0208. The molecule has 2 amide bonds. The van der Waals surface area contributed by atoms with Crippen molar-refractivity contribution in [3.8, 4) is 17.6 Å². The molecule has 1 saturated heterocycles. The maximum Gasteiger partial charge on any atom is 0.293 e. The highest BCUT2D eigenvalue weighted by molar-refractivity contribution is 8.18. The molecule has 3 aromatic carbocycles. The highest BCUT2D eigenvalue weighted by atomic mass is 32.2. The van der Waals surface area contributed by atoms with Crippen molar-refractivity contribution >= 4 is 29.0 Å². The zero-order valence-corrected chi connectivity index (χ0v) is 20.9. The van der Waals surface area contributed by atoms with Crippen molar-refractivity contribution in [2.75, 3.05) is 7.11 Å². The van der Waals surface area contributed by atoms with Gasteiger partial charge in [-0.3, -0.25) is 14.5 Å². The van der Waals surface area contributed by atoms with Gasteiger partial charge in [0.25, 0.3) is 11.1 Å². The van der Waals surface area contributed by atoms with Gasteiger partial charge in [-0.05, 0) is 71.3 Å². The van der Waals surface area contributed by atoms with Gasteiger partial charge in [0.1, 0.15) is 12.4 Å². The average Bonchev–Trinajstić information content (AvgIpc) is 3.16. The van der Waals surface area contributed by atoms with Crippen LogP contribution in [0.1, 0.15) is 27.8 Å². The van der Waals surface area contributed by atoms with Gasteiger partial charge in [-0.25, -0.2) is 4.39 Å². The summed E-state index contributed by atoms with van der Waals surface area (Å²) in [6.45, 7) is 4.05. The van der Waals surface area contributed by atoms with E-state index in [0.717, 1.165) is 27.8 Å². The molecule has 4 rings (SSSR count). The lowest BCUT2D eigenvalue weighted by Gasteiger charge is -2.16. The van der Waals surface area contributed by atoms with E-state index < -0.39 is 11.1 Å². The summed E-state index contributed by atoms with van der Waals surface area (Å²) in [7, 11) is 1.52. The first-order valence-corrected chi connectivity index (χ1v) is 12.2. The molecule has 186 valence electrons. The summed E-state index contributed by atoms with van der Waals surface area (Å²) in [5.41, 5.74) is 3.26. The number of thioether (sulfide) groups is 1. The Morgan fingerprint density at radius 1 is 1.11 bits per heavy atom. The molecule has 1 aliphatic heterocycles. The Labute approximate surface area is 218 Å². The lowest BCUT2D eigenvalue weighted by molar-refractivity contribution is -0.123. The van der Waals surface area contributed by atoms with Gasteiger partial charge in [0.05, 0.1) is 30.2 Å². The average molecular weight is 515 g/mol. The Hall–Kier alpha value is -4.35. The van der Waals surface area contributed by atoms with Crippen molar-refractivity contribution in [1.29, 1.82) is 5.26 Å². The number of carbonyl (C=O) groups is 2. The van der Waals surface area contributed by atoms with Crippen molar-refractivity contribution in [2.45, 2.75) is 19.6 Å². The topological polar surface area (TPSA) is 79.6 Å². The molecule has 0 aliphatic carbocycles. The second kappa shape index (κ2) is 11.6. The fourth-order valence-corrected chi connectivity index (χ4v) is 4.69. The fraction of sp³-hybridized carbons (Fsp3) is 0.138. The number of amides is 2. The molecule has 0 aromatic heterocycles. The summed E-state index contributed by atoms with van der Waals surface area (Å²) in [4.78, 5) is 27.1. The molecule has 1 aliphatic rings. The Kier molecular flexibility index (Phi) is 8.06. The van der Waals surface area contributed by atoms with E-state index >= 15 is 0 Å². The van der Waals surface area contributed by atoms with Crippen LogP contribution in [0.25, 0.3) is 6.08 Å². The fourth-order valence-electron chi connectivity index (χ4n) is 3.85.